The van der Waals surface area contributed by atoms with Crippen molar-refractivity contribution in [2.24, 2.45) is 17.8 Å². The van der Waals surface area contributed by atoms with E-state index < -0.39 is 0 Å². The Hall–Kier alpha value is -0.900. The van der Waals surface area contributed by atoms with Crippen LogP contribution in [0.1, 0.15) is 63.9 Å². The molecular weight excluding hydrogens is 332 g/mol. The van der Waals surface area contributed by atoms with Crippen molar-refractivity contribution >= 4 is 0 Å². The van der Waals surface area contributed by atoms with Crippen molar-refractivity contribution in [1.82, 2.24) is 10.6 Å². The standard InChI is InChI=1S/C24H40N2O/c1-19(8-9-20-14-16-26-17-15-20)23-12-10-22(11-13-24(23)25-2)27-18-21-6-4-3-5-7-21/h3-7,19-20,22-26H,8-18H2,1-2H3. The topological polar surface area (TPSA) is 33.3 Å². The van der Waals surface area contributed by atoms with Crippen molar-refractivity contribution in [1.29, 1.82) is 0 Å². The van der Waals surface area contributed by atoms with Gasteiger partial charge in [0.05, 0.1) is 12.7 Å². The molecule has 1 heterocycles. The number of ether oxygens (including phenoxy) is 1. The summed E-state index contributed by atoms with van der Waals surface area (Å²) in [5, 5.41) is 7.14. The molecule has 1 saturated heterocycles. The van der Waals surface area contributed by atoms with E-state index in [1.165, 1.54) is 70.0 Å². The SMILES string of the molecule is CNC1CCC(OCc2ccccc2)CCC1C(C)CCC1CCNCC1. The van der Waals surface area contributed by atoms with E-state index in [4.69, 9.17) is 4.74 Å². The molecule has 1 aliphatic heterocycles. The average molecular weight is 373 g/mol. The first-order chi connectivity index (χ1) is 13.3. The van der Waals surface area contributed by atoms with E-state index in [1.807, 2.05) is 0 Å². The second-order valence-corrected chi connectivity index (χ2v) is 8.88. The Balaban J connectivity index is 1.46. The summed E-state index contributed by atoms with van der Waals surface area (Å²) < 4.78 is 6.29. The summed E-state index contributed by atoms with van der Waals surface area (Å²) in [4.78, 5) is 0. The number of nitrogens with one attached hydrogen (secondary N) is 2. The van der Waals surface area contributed by atoms with Crippen molar-refractivity contribution in [2.45, 2.75) is 77.0 Å². The summed E-state index contributed by atoms with van der Waals surface area (Å²) >= 11 is 0. The number of rotatable bonds is 8. The number of hydrogen-bond donors (Lipinski definition) is 2. The van der Waals surface area contributed by atoms with E-state index in [0.29, 0.717) is 12.1 Å². The lowest BCUT2D eigenvalue weighted by Crippen LogP contribution is -2.36. The fraction of sp³-hybridized carbons (Fsp3) is 0.750. The molecule has 1 aliphatic carbocycles. The molecule has 4 unspecified atom stereocenters. The Morgan fingerprint density at radius 3 is 2.52 bits per heavy atom. The second kappa shape index (κ2) is 11.2. The van der Waals surface area contributed by atoms with Gasteiger partial charge in [0.15, 0.2) is 0 Å². The summed E-state index contributed by atoms with van der Waals surface area (Å²) in [5.74, 6) is 2.56. The predicted molar refractivity (Wildman–Crippen MR) is 114 cm³/mol. The molecular formula is C24H40N2O. The zero-order valence-corrected chi connectivity index (χ0v) is 17.5. The number of hydrogen-bond acceptors (Lipinski definition) is 3. The van der Waals surface area contributed by atoms with Crippen LogP contribution >= 0.6 is 0 Å². The molecule has 1 aromatic rings. The first kappa shape index (κ1) is 20.8. The van der Waals surface area contributed by atoms with Gasteiger partial charge < -0.3 is 15.4 Å². The van der Waals surface area contributed by atoms with Gasteiger partial charge in [-0.3, -0.25) is 0 Å². The van der Waals surface area contributed by atoms with Gasteiger partial charge in [0.2, 0.25) is 0 Å². The van der Waals surface area contributed by atoms with Crippen molar-refractivity contribution in [3.8, 4) is 0 Å². The quantitative estimate of drug-likeness (QED) is 0.645. The van der Waals surface area contributed by atoms with Gasteiger partial charge in [0, 0.05) is 6.04 Å². The smallest absolute Gasteiger partial charge is 0.0720 e. The van der Waals surface area contributed by atoms with Crippen LogP contribution in [0.15, 0.2) is 30.3 Å². The number of benzene rings is 1. The molecule has 0 amide bonds. The molecule has 0 radical (unpaired) electrons. The zero-order valence-electron chi connectivity index (χ0n) is 17.5. The Morgan fingerprint density at radius 1 is 1.04 bits per heavy atom. The highest BCUT2D eigenvalue weighted by Crippen LogP contribution is 2.34. The zero-order chi connectivity index (χ0) is 18.9. The first-order valence-electron chi connectivity index (χ1n) is 11.3. The third-order valence-corrected chi connectivity index (χ3v) is 7.06. The van der Waals surface area contributed by atoms with Crippen LogP contribution in [0.25, 0.3) is 0 Å². The van der Waals surface area contributed by atoms with E-state index >= 15 is 0 Å². The molecule has 3 heteroatoms. The molecule has 2 aliphatic rings. The maximum Gasteiger partial charge on any atom is 0.0720 e. The Bertz CT molecular complexity index is 514. The summed E-state index contributed by atoms with van der Waals surface area (Å²) in [6.07, 6.45) is 10.9. The van der Waals surface area contributed by atoms with Crippen LogP contribution < -0.4 is 10.6 Å². The van der Waals surface area contributed by atoms with E-state index in [-0.39, 0.29) is 0 Å². The molecule has 2 fully saturated rings. The monoisotopic (exact) mass is 372 g/mol. The van der Waals surface area contributed by atoms with Crippen LogP contribution in [-0.2, 0) is 11.3 Å². The normalized spacial score (nSPS) is 28.6. The van der Waals surface area contributed by atoms with Crippen molar-refractivity contribution in [2.75, 3.05) is 20.1 Å². The van der Waals surface area contributed by atoms with Crippen molar-refractivity contribution in [3.05, 3.63) is 35.9 Å². The second-order valence-electron chi connectivity index (χ2n) is 8.88. The minimum absolute atomic E-state index is 0.419. The van der Waals surface area contributed by atoms with Gasteiger partial charge in [0.1, 0.15) is 0 Å². The average Bonchev–Trinajstić information content (AvgIpc) is 2.94. The summed E-state index contributed by atoms with van der Waals surface area (Å²) in [6, 6.07) is 11.3. The van der Waals surface area contributed by atoms with Gasteiger partial charge in [-0.15, -0.1) is 0 Å². The predicted octanol–water partition coefficient (Wildman–Crippen LogP) is 4.77. The highest BCUT2D eigenvalue weighted by Gasteiger charge is 2.30. The third kappa shape index (κ3) is 6.58. The Labute approximate surface area is 166 Å². The first-order valence-corrected chi connectivity index (χ1v) is 11.3. The van der Waals surface area contributed by atoms with Gasteiger partial charge in [-0.2, -0.15) is 0 Å². The maximum atomic E-state index is 6.29. The number of piperidine rings is 1. The lowest BCUT2D eigenvalue weighted by atomic mass is 9.79. The molecule has 2 N–H and O–H groups in total. The molecule has 0 bridgehead atoms. The lowest BCUT2D eigenvalue weighted by molar-refractivity contribution is 0.0297. The third-order valence-electron chi connectivity index (χ3n) is 7.06. The molecule has 1 aromatic carbocycles. The fourth-order valence-electron chi connectivity index (χ4n) is 5.18. The van der Waals surface area contributed by atoms with Gasteiger partial charge in [-0.1, -0.05) is 50.1 Å². The lowest BCUT2D eigenvalue weighted by Gasteiger charge is -2.32. The van der Waals surface area contributed by atoms with Crippen LogP contribution in [0.3, 0.4) is 0 Å². The molecule has 152 valence electrons. The van der Waals surface area contributed by atoms with Crippen LogP contribution in [0.4, 0.5) is 0 Å². The molecule has 3 nitrogen and oxygen atoms in total. The summed E-state index contributed by atoms with van der Waals surface area (Å²) in [7, 11) is 2.16. The van der Waals surface area contributed by atoms with Crippen LogP contribution in [0, 0.1) is 17.8 Å². The van der Waals surface area contributed by atoms with E-state index in [0.717, 1.165) is 24.4 Å². The van der Waals surface area contributed by atoms with Crippen LogP contribution in [0.5, 0.6) is 0 Å². The highest BCUT2D eigenvalue weighted by atomic mass is 16.5. The Morgan fingerprint density at radius 2 is 1.78 bits per heavy atom. The van der Waals surface area contributed by atoms with Gasteiger partial charge in [-0.25, -0.2) is 0 Å². The molecule has 0 spiro atoms. The van der Waals surface area contributed by atoms with Crippen molar-refractivity contribution in [3.63, 3.8) is 0 Å². The Kier molecular flexibility index (Phi) is 8.63. The van der Waals surface area contributed by atoms with Crippen LogP contribution in [0.2, 0.25) is 0 Å². The largest absolute Gasteiger partial charge is 0.374 e. The molecule has 0 aromatic heterocycles. The van der Waals surface area contributed by atoms with E-state index in [9.17, 15) is 0 Å². The molecule has 27 heavy (non-hydrogen) atoms. The van der Waals surface area contributed by atoms with Gasteiger partial charge in [0.25, 0.3) is 0 Å². The summed E-state index contributed by atoms with van der Waals surface area (Å²) in [6.45, 7) is 5.71. The van der Waals surface area contributed by atoms with E-state index in [1.54, 1.807) is 0 Å². The molecule has 1 saturated carbocycles. The fourth-order valence-corrected chi connectivity index (χ4v) is 5.18. The highest BCUT2D eigenvalue weighted by molar-refractivity contribution is 5.13. The molecule has 4 atom stereocenters. The van der Waals surface area contributed by atoms with Crippen LogP contribution in [-0.4, -0.2) is 32.3 Å². The maximum absolute atomic E-state index is 6.29. The molecule has 3 rings (SSSR count). The minimum Gasteiger partial charge on any atom is -0.374 e. The minimum atomic E-state index is 0.419. The van der Waals surface area contributed by atoms with Gasteiger partial charge in [-0.05, 0) is 82.0 Å². The van der Waals surface area contributed by atoms with Gasteiger partial charge >= 0.3 is 0 Å². The summed E-state index contributed by atoms with van der Waals surface area (Å²) in [5.41, 5.74) is 1.29. The van der Waals surface area contributed by atoms with Crippen molar-refractivity contribution < 1.29 is 4.74 Å². The van der Waals surface area contributed by atoms with E-state index in [2.05, 4.69) is 54.9 Å².